The van der Waals surface area contributed by atoms with Gasteiger partial charge < -0.3 is 14.6 Å². The summed E-state index contributed by atoms with van der Waals surface area (Å²) in [6, 6.07) is 9.85. The Morgan fingerprint density at radius 2 is 2.00 bits per heavy atom. The van der Waals surface area contributed by atoms with Crippen molar-refractivity contribution < 1.29 is 9.26 Å². The van der Waals surface area contributed by atoms with Gasteiger partial charge in [-0.1, -0.05) is 19.0 Å². The maximum Gasteiger partial charge on any atom is 0.167 e. The van der Waals surface area contributed by atoms with Gasteiger partial charge in [-0.3, -0.25) is 0 Å². The standard InChI is InChI=1S/C15H20N2O2/c1-3-9-18-14-7-5-12(6-8-14)15-10-13(17-19-15)11-16-4-2/h5-8,10,16H,3-4,9,11H2,1-2H3. The van der Waals surface area contributed by atoms with Crippen molar-refractivity contribution >= 4 is 0 Å². The molecule has 0 spiro atoms. The van der Waals surface area contributed by atoms with Crippen LogP contribution in [0.2, 0.25) is 0 Å². The third-order valence-electron chi connectivity index (χ3n) is 2.73. The smallest absolute Gasteiger partial charge is 0.167 e. The minimum Gasteiger partial charge on any atom is -0.494 e. The quantitative estimate of drug-likeness (QED) is 0.830. The van der Waals surface area contributed by atoms with Gasteiger partial charge >= 0.3 is 0 Å². The molecule has 1 heterocycles. The van der Waals surface area contributed by atoms with Crippen LogP contribution in [0.5, 0.6) is 5.75 Å². The van der Waals surface area contributed by atoms with Gasteiger partial charge in [-0.05, 0) is 37.2 Å². The lowest BCUT2D eigenvalue weighted by atomic mass is 10.1. The van der Waals surface area contributed by atoms with Gasteiger partial charge in [-0.2, -0.15) is 0 Å². The highest BCUT2D eigenvalue weighted by molar-refractivity contribution is 5.58. The lowest BCUT2D eigenvalue weighted by molar-refractivity contribution is 0.317. The summed E-state index contributed by atoms with van der Waals surface area (Å²) in [5.74, 6) is 1.67. The van der Waals surface area contributed by atoms with Gasteiger partial charge in [0, 0.05) is 18.2 Å². The SMILES string of the molecule is CCCOc1ccc(-c2cc(CNCC)no2)cc1. The van der Waals surface area contributed by atoms with Crippen LogP contribution in [-0.2, 0) is 6.54 Å². The van der Waals surface area contributed by atoms with Crippen LogP contribution in [-0.4, -0.2) is 18.3 Å². The van der Waals surface area contributed by atoms with E-state index in [1.165, 1.54) is 0 Å². The number of hydrogen-bond acceptors (Lipinski definition) is 4. The number of nitrogens with zero attached hydrogens (tertiary/aromatic N) is 1. The summed E-state index contributed by atoms with van der Waals surface area (Å²) < 4.78 is 10.9. The first-order chi connectivity index (χ1) is 9.33. The Bertz CT molecular complexity index is 491. The van der Waals surface area contributed by atoms with Crippen LogP contribution >= 0.6 is 0 Å². The summed E-state index contributed by atoms with van der Waals surface area (Å²) >= 11 is 0. The molecule has 0 bridgehead atoms. The highest BCUT2D eigenvalue weighted by Crippen LogP contribution is 2.23. The van der Waals surface area contributed by atoms with E-state index < -0.39 is 0 Å². The molecule has 0 aliphatic rings. The molecule has 0 aliphatic carbocycles. The predicted octanol–water partition coefficient (Wildman–Crippen LogP) is 3.24. The molecule has 102 valence electrons. The third kappa shape index (κ3) is 3.83. The molecule has 1 aromatic carbocycles. The molecule has 4 nitrogen and oxygen atoms in total. The Hall–Kier alpha value is -1.81. The summed E-state index contributed by atoms with van der Waals surface area (Å²) in [6.45, 7) is 6.56. The minimum absolute atomic E-state index is 0.734. The summed E-state index contributed by atoms with van der Waals surface area (Å²) in [6.07, 6.45) is 1.01. The maximum atomic E-state index is 5.55. The minimum atomic E-state index is 0.734. The third-order valence-corrected chi connectivity index (χ3v) is 2.73. The fraction of sp³-hybridized carbons (Fsp3) is 0.400. The fourth-order valence-corrected chi connectivity index (χ4v) is 1.72. The van der Waals surface area contributed by atoms with Crippen molar-refractivity contribution in [2.45, 2.75) is 26.8 Å². The maximum absolute atomic E-state index is 5.55. The Morgan fingerprint density at radius 1 is 1.21 bits per heavy atom. The van der Waals surface area contributed by atoms with Gasteiger partial charge in [0.15, 0.2) is 5.76 Å². The van der Waals surface area contributed by atoms with Crippen molar-refractivity contribution in [2.75, 3.05) is 13.2 Å². The second-order valence-corrected chi connectivity index (χ2v) is 4.34. The molecule has 0 saturated heterocycles. The molecule has 0 atom stereocenters. The first kappa shape index (κ1) is 13.6. The van der Waals surface area contributed by atoms with E-state index in [1.807, 2.05) is 30.3 Å². The van der Waals surface area contributed by atoms with Gasteiger partial charge in [-0.25, -0.2) is 0 Å². The summed E-state index contributed by atoms with van der Waals surface area (Å²) in [4.78, 5) is 0. The first-order valence-corrected chi connectivity index (χ1v) is 6.73. The number of ether oxygens (including phenoxy) is 1. The van der Waals surface area contributed by atoms with E-state index in [2.05, 4.69) is 24.3 Å². The average Bonchev–Trinajstić information content (AvgIpc) is 2.92. The highest BCUT2D eigenvalue weighted by atomic mass is 16.5. The lowest BCUT2D eigenvalue weighted by Crippen LogP contribution is -2.11. The predicted molar refractivity (Wildman–Crippen MR) is 75.1 cm³/mol. The van der Waals surface area contributed by atoms with Gasteiger partial charge in [0.05, 0.1) is 12.3 Å². The van der Waals surface area contributed by atoms with Crippen LogP contribution in [0.1, 0.15) is 26.0 Å². The molecule has 0 unspecified atom stereocenters. The van der Waals surface area contributed by atoms with Crippen LogP contribution in [0.25, 0.3) is 11.3 Å². The van der Waals surface area contributed by atoms with E-state index in [0.29, 0.717) is 0 Å². The number of hydrogen-bond donors (Lipinski definition) is 1. The van der Waals surface area contributed by atoms with Crippen LogP contribution in [0.4, 0.5) is 0 Å². The first-order valence-electron chi connectivity index (χ1n) is 6.73. The summed E-state index contributed by atoms with van der Waals surface area (Å²) in [5.41, 5.74) is 1.93. The number of aromatic nitrogens is 1. The van der Waals surface area contributed by atoms with E-state index >= 15 is 0 Å². The van der Waals surface area contributed by atoms with E-state index in [0.717, 1.165) is 48.9 Å². The zero-order chi connectivity index (χ0) is 13.5. The van der Waals surface area contributed by atoms with Crippen LogP contribution in [0.15, 0.2) is 34.9 Å². The Balaban J connectivity index is 2.02. The zero-order valence-corrected chi connectivity index (χ0v) is 11.5. The zero-order valence-electron chi connectivity index (χ0n) is 11.5. The summed E-state index contributed by atoms with van der Waals surface area (Å²) in [7, 11) is 0. The molecule has 0 amide bonds. The molecule has 19 heavy (non-hydrogen) atoms. The average molecular weight is 260 g/mol. The Labute approximate surface area is 113 Å². The van der Waals surface area contributed by atoms with Gasteiger partial charge in [0.2, 0.25) is 0 Å². The van der Waals surface area contributed by atoms with Crippen molar-refractivity contribution in [1.82, 2.24) is 10.5 Å². The van der Waals surface area contributed by atoms with Crippen molar-refractivity contribution in [1.29, 1.82) is 0 Å². The van der Waals surface area contributed by atoms with E-state index in [1.54, 1.807) is 0 Å². The fourth-order valence-electron chi connectivity index (χ4n) is 1.72. The molecule has 0 saturated carbocycles. The van der Waals surface area contributed by atoms with Gasteiger partial charge in [0.1, 0.15) is 5.75 Å². The monoisotopic (exact) mass is 260 g/mol. The van der Waals surface area contributed by atoms with Crippen molar-refractivity contribution in [3.63, 3.8) is 0 Å². The molecular weight excluding hydrogens is 240 g/mol. The molecule has 0 aliphatic heterocycles. The van der Waals surface area contributed by atoms with Crippen molar-refractivity contribution in [3.8, 4) is 17.1 Å². The highest BCUT2D eigenvalue weighted by Gasteiger charge is 2.06. The Kier molecular flexibility index (Phi) is 4.98. The van der Waals surface area contributed by atoms with Crippen molar-refractivity contribution in [3.05, 3.63) is 36.0 Å². The van der Waals surface area contributed by atoms with Crippen LogP contribution in [0, 0.1) is 0 Å². The van der Waals surface area contributed by atoms with Crippen molar-refractivity contribution in [2.24, 2.45) is 0 Å². The molecule has 2 aromatic rings. The number of benzene rings is 1. The van der Waals surface area contributed by atoms with E-state index in [4.69, 9.17) is 9.26 Å². The van der Waals surface area contributed by atoms with Crippen LogP contribution in [0.3, 0.4) is 0 Å². The topological polar surface area (TPSA) is 47.3 Å². The Morgan fingerprint density at radius 3 is 2.68 bits per heavy atom. The number of nitrogens with one attached hydrogen (secondary N) is 1. The largest absolute Gasteiger partial charge is 0.494 e. The van der Waals surface area contributed by atoms with E-state index in [9.17, 15) is 0 Å². The van der Waals surface area contributed by atoms with Crippen LogP contribution < -0.4 is 10.1 Å². The normalized spacial score (nSPS) is 10.6. The second-order valence-electron chi connectivity index (χ2n) is 4.34. The van der Waals surface area contributed by atoms with E-state index in [-0.39, 0.29) is 0 Å². The van der Waals surface area contributed by atoms with Gasteiger partial charge in [-0.15, -0.1) is 0 Å². The molecule has 1 N–H and O–H groups in total. The van der Waals surface area contributed by atoms with Gasteiger partial charge in [0.25, 0.3) is 0 Å². The lowest BCUT2D eigenvalue weighted by Gasteiger charge is -2.04. The molecule has 1 aromatic heterocycles. The molecule has 0 radical (unpaired) electrons. The molecule has 2 rings (SSSR count). The second kappa shape index (κ2) is 6.95. The summed E-state index contributed by atoms with van der Waals surface area (Å²) in [5, 5.41) is 7.25. The molecular formula is C15H20N2O2. The molecule has 0 fully saturated rings. The number of rotatable bonds is 7. The molecule has 4 heteroatoms.